The maximum Gasteiger partial charge on any atom is 0.257 e. The zero-order chi connectivity index (χ0) is 16.8. The first-order chi connectivity index (χ1) is 10.9. The van der Waals surface area contributed by atoms with Crippen molar-refractivity contribution in [3.63, 3.8) is 0 Å². The Morgan fingerprint density at radius 1 is 1.17 bits per heavy atom. The van der Waals surface area contributed by atoms with Crippen LogP contribution in [0.15, 0.2) is 48.5 Å². The fourth-order valence-corrected chi connectivity index (χ4v) is 2.08. The Kier molecular flexibility index (Phi) is 5.54. The van der Waals surface area contributed by atoms with Crippen molar-refractivity contribution in [2.45, 2.75) is 20.0 Å². The van der Waals surface area contributed by atoms with Gasteiger partial charge in [0, 0.05) is 11.3 Å². The highest BCUT2D eigenvalue weighted by Gasteiger charge is 2.09. The van der Waals surface area contributed by atoms with Crippen molar-refractivity contribution in [2.24, 2.45) is 0 Å². The van der Waals surface area contributed by atoms with Gasteiger partial charge in [0.15, 0.2) is 5.11 Å². The van der Waals surface area contributed by atoms with Gasteiger partial charge in [-0.05, 0) is 68.5 Å². The molecule has 0 heterocycles. The lowest BCUT2D eigenvalue weighted by atomic mass is 10.2. The Morgan fingerprint density at radius 2 is 1.87 bits per heavy atom. The van der Waals surface area contributed by atoms with Crippen molar-refractivity contribution in [3.8, 4) is 11.5 Å². The summed E-state index contributed by atoms with van der Waals surface area (Å²) in [7, 11) is 0. The van der Waals surface area contributed by atoms with E-state index in [1.54, 1.807) is 36.4 Å². The van der Waals surface area contributed by atoms with Crippen molar-refractivity contribution < 1.29 is 14.6 Å². The van der Waals surface area contributed by atoms with Crippen molar-refractivity contribution >= 4 is 28.9 Å². The summed E-state index contributed by atoms with van der Waals surface area (Å²) in [5.74, 6) is 0.466. The average molecular weight is 330 g/mol. The van der Waals surface area contributed by atoms with Crippen LogP contribution in [0.5, 0.6) is 11.5 Å². The molecular weight excluding hydrogens is 312 g/mol. The molecule has 120 valence electrons. The van der Waals surface area contributed by atoms with Crippen molar-refractivity contribution in [3.05, 3.63) is 54.1 Å². The topological polar surface area (TPSA) is 70.6 Å². The Labute approximate surface area is 140 Å². The standard InChI is InChI=1S/C17H18N2O3S/c1-11(2)22-15-5-3-4-12(10-15)16(21)19-17(23)18-13-6-8-14(20)9-7-13/h3-11,20H,1-2H3,(H2,18,19,21,23). The van der Waals surface area contributed by atoms with Gasteiger partial charge < -0.3 is 15.2 Å². The molecule has 0 aliphatic carbocycles. The summed E-state index contributed by atoms with van der Waals surface area (Å²) in [5.41, 5.74) is 1.13. The van der Waals surface area contributed by atoms with E-state index >= 15 is 0 Å². The molecule has 3 N–H and O–H groups in total. The first-order valence-corrected chi connectivity index (χ1v) is 7.53. The predicted octanol–water partition coefficient (Wildman–Crippen LogP) is 3.31. The van der Waals surface area contributed by atoms with Crippen LogP contribution in [0.2, 0.25) is 0 Å². The van der Waals surface area contributed by atoms with Crippen molar-refractivity contribution in [1.82, 2.24) is 5.32 Å². The molecule has 0 aliphatic rings. The molecular formula is C17H18N2O3S. The van der Waals surface area contributed by atoms with Gasteiger partial charge in [-0.25, -0.2) is 0 Å². The van der Waals surface area contributed by atoms with Gasteiger partial charge in [-0.3, -0.25) is 10.1 Å². The fraction of sp³-hybridized carbons (Fsp3) is 0.176. The number of carbonyl (C=O) groups excluding carboxylic acids is 1. The largest absolute Gasteiger partial charge is 0.508 e. The molecule has 0 unspecified atom stereocenters. The number of amides is 1. The number of thiocarbonyl (C=S) groups is 1. The lowest BCUT2D eigenvalue weighted by Crippen LogP contribution is -2.34. The summed E-state index contributed by atoms with van der Waals surface area (Å²) in [6, 6.07) is 13.3. The zero-order valence-corrected chi connectivity index (χ0v) is 13.7. The van der Waals surface area contributed by atoms with E-state index in [9.17, 15) is 9.90 Å². The highest BCUT2D eigenvalue weighted by Crippen LogP contribution is 2.15. The Bertz CT molecular complexity index is 699. The van der Waals surface area contributed by atoms with Crippen LogP contribution in [0.4, 0.5) is 5.69 Å². The Morgan fingerprint density at radius 3 is 2.52 bits per heavy atom. The van der Waals surface area contributed by atoms with E-state index in [0.717, 1.165) is 0 Å². The fourth-order valence-electron chi connectivity index (χ4n) is 1.87. The van der Waals surface area contributed by atoms with Crippen LogP contribution in [0.3, 0.4) is 0 Å². The van der Waals surface area contributed by atoms with Crippen LogP contribution in [-0.4, -0.2) is 22.2 Å². The molecule has 0 bridgehead atoms. The molecule has 2 aromatic carbocycles. The second-order valence-corrected chi connectivity index (χ2v) is 5.56. The molecule has 0 aliphatic heterocycles. The number of phenols is 1. The molecule has 0 aromatic heterocycles. The number of rotatable bonds is 4. The first-order valence-electron chi connectivity index (χ1n) is 7.12. The lowest BCUT2D eigenvalue weighted by molar-refractivity contribution is 0.0977. The second kappa shape index (κ2) is 7.60. The maximum absolute atomic E-state index is 12.2. The molecule has 0 radical (unpaired) electrons. The van der Waals surface area contributed by atoms with Crippen LogP contribution in [0.25, 0.3) is 0 Å². The number of phenolic OH excluding ortho intramolecular Hbond substituents is 1. The molecule has 0 atom stereocenters. The van der Waals surface area contributed by atoms with Gasteiger partial charge in [0.05, 0.1) is 6.10 Å². The highest BCUT2D eigenvalue weighted by molar-refractivity contribution is 7.80. The van der Waals surface area contributed by atoms with E-state index in [4.69, 9.17) is 17.0 Å². The molecule has 0 fully saturated rings. The number of ether oxygens (including phenoxy) is 1. The summed E-state index contributed by atoms with van der Waals surface area (Å²) >= 11 is 5.11. The minimum atomic E-state index is -0.324. The van der Waals surface area contributed by atoms with Gasteiger partial charge >= 0.3 is 0 Å². The van der Waals surface area contributed by atoms with Crippen LogP contribution in [0, 0.1) is 0 Å². The van der Waals surface area contributed by atoms with Gasteiger partial charge in [-0.1, -0.05) is 6.07 Å². The van der Waals surface area contributed by atoms with E-state index in [1.807, 2.05) is 13.8 Å². The number of hydrogen-bond donors (Lipinski definition) is 3. The molecule has 6 heteroatoms. The van der Waals surface area contributed by atoms with Gasteiger partial charge in [0.25, 0.3) is 5.91 Å². The Balaban J connectivity index is 1.98. The molecule has 23 heavy (non-hydrogen) atoms. The molecule has 1 amide bonds. The first kappa shape index (κ1) is 16.8. The highest BCUT2D eigenvalue weighted by atomic mass is 32.1. The predicted molar refractivity (Wildman–Crippen MR) is 94.0 cm³/mol. The average Bonchev–Trinajstić information content (AvgIpc) is 2.49. The minimum absolute atomic E-state index is 0.0329. The number of carbonyl (C=O) groups is 1. The summed E-state index contributed by atoms with van der Waals surface area (Å²) in [6.07, 6.45) is 0.0329. The SMILES string of the molecule is CC(C)Oc1cccc(C(=O)NC(=S)Nc2ccc(O)cc2)c1. The summed E-state index contributed by atoms with van der Waals surface area (Å²) in [5, 5.41) is 14.9. The number of anilines is 1. The minimum Gasteiger partial charge on any atom is -0.508 e. The molecule has 0 saturated heterocycles. The molecule has 2 aromatic rings. The summed E-state index contributed by atoms with van der Waals surface area (Å²) < 4.78 is 5.56. The molecule has 0 spiro atoms. The number of nitrogens with one attached hydrogen (secondary N) is 2. The second-order valence-electron chi connectivity index (χ2n) is 5.15. The van der Waals surface area contributed by atoms with Crippen LogP contribution in [0.1, 0.15) is 24.2 Å². The van der Waals surface area contributed by atoms with Gasteiger partial charge in [0.2, 0.25) is 0 Å². The maximum atomic E-state index is 12.2. The van der Waals surface area contributed by atoms with E-state index in [-0.39, 0.29) is 22.9 Å². The quantitative estimate of drug-likeness (QED) is 0.593. The number of aromatic hydroxyl groups is 1. The van der Waals surface area contributed by atoms with Gasteiger partial charge in [-0.2, -0.15) is 0 Å². The van der Waals surface area contributed by atoms with Crippen LogP contribution >= 0.6 is 12.2 Å². The van der Waals surface area contributed by atoms with Crippen molar-refractivity contribution in [1.29, 1.82) is 0 Å². The molecule has 0 saturated carbocycles. The lowest BCUT2D eigenvalue weighted by Gasteiger charge is -2.12. The van der Waals surface area contributed by atoms with Gasteiger partial charge in [0.1, 0.15) is 11.5 Å². The van der Waals surface area contributed by atoms with E-state index < -0.39 is 0 Å². The van der Waals surface area contributed by atoms with E-state index in [2.05, 4.69) is 10.6 Å². The summed E-state index contributed by atoms with van der Waals surface area (Å²) in [6.45, 7) is 3.84. The van der Waals surface area contributed by atoms with Gasteiger partial charge in [-0.15, -0.1) is 0 Å². The van der Waals surface area contributed by atoms with E-state index in [0.29, 0.717) is 17.0 Å². The Hall–Kier alpha value is -2.60. The summed E-state index contributed by atoms with van der Waals surface area (Å²) in [4.78, 5) is 12.2. The van der Waals surface area contributed by atoms with E-state index in [1.165, 1.54) is 12.1 Å². The monoisotopic (exact) mass is 330 g/mol. The van der Waals surface area contributed by atoms with Crippen LogP contribution < -0.4 is 15.4 Å². The smallest absolute Gasteiger partial charge is 0.257 e. The third-order valence-corrected chi connectivity index (χ3v) is 3.02. The third-order valence-electron chi connectivity index (χ3n) is 2.82. The number of benzene rings is 2. The van der Waals surface area contributed by atoms with Crippen LogP contribution in [-0.2, 0) is 0 Å². The number of hydrogen-bond acceptors (Lipinski definition) is 4. The van der Waals surface area contributed by atoms with Crippen molar-refractivity contribution in [2.75, 3.05) is 5.32 Å². The zero-order valence-electron chi connectivity index (χ0n) is 12.9. The molecule has 2 rings (SSSR count). The molecule has 5 nitrogen and oxygen atoms in total. The third kappa shape index (κ3) is 5.27. The normalized spacial score (nSPS) is 10.2.